The minimum atomic E-state index is 0.382. The van der Waals surface area contributed by atoms with Gasteiger partial charge in [-0.2, -0.15) is 0 Å². The smallest absolute Gasteiger partial charge is 0.204 e. The third-order valence-corrected chi connectivity index (χ3v) is 2.88. The number of hydrogen-bond donors (Lipinski definition) is 0. The molecule has 0 aliphatic heterocycles. The molecule has 0 aliphatic rings. The van der Waals surface area contributed by atoms with Crippen LogP contribution in [0.1, 0.15) is 15.9 Å². The van der Waals surface area contributed by atoms with E-state index in [1.165, 1.54) is 14.2 Å². The lowest BCUT2D eigenvalue weighted by Gasteiger charge is -2.15. The summed E-state index contributed by atoms with van der Waals surface area (Å²) in [6, 6.07) is 13.2. The first-order chi connectivity index (χ1) is 9.80. The van der Waals surface area contributed by atoms with Crippen LogP contribution in [0.3, 0.4) is 0 Å². The zero-order valence-corrected chi connectivity index (χ0v) is 11.5. The molecule has 2 rings (SSSR count). The normalized spacial score (nSPS) is 9.90. The van der Waals surface area contributed by atoms with Crippen LogP contribution in [0.25, 0.3) is 0 Å². The van der Waals surface area contributed by atoms with E-state index >= 15 is 0 Å². The van der Waals surface area contributed by atoms with Crippen LogP contribution in [-0.2, 0) is 6.61 Å². The Morgan fingerprint density at radius 2 is 1.65 bits per heavy atom. The van der Waals surface area contributed by atoms with Crippen molar-refractivity contribution in [3.63, 3.8) is 0 Å². The number of aldehydes is 1. The van der Waals surface area contributed by atoms with Crippen molar-refractivity contribution in [3.8, 4) is 17.2 Å². The Balaban J connectivity index is 2.25. The maximum absolute atomic E-state index is 11.0. The molecule has 20 heavy (non-hydrogen) atoms. The van der Waals surface area contributed by atoms with Crippen molar-refractivity contribution >= 4 is 6.29 Å². The predicted molar refractivity (Wildman–Crippen MR) is 75.7 cm³/mol. The Morgan fingerprint density at radius 1 is 0.950 bits per heavy atom. The van der Waals surface area contributed by atoms with Crippen molar-refractivity contribution in [2.75, 3.05) is 14.2 Å². The van der Waals surface area contributed by atoms with Gasteiger partial charge in [0.25, 0.3) is 0 Å². The van der Waals surface area contributed by atoms with E-state index in [2.05, 4.69) is 0 Å². The van der Waals surface area contributed by atoms with E-state index in [0.717, 1.165) is 11.8 Å². The second-order valence-electron chi connectivity index (χ2n) is 4.11. The SMILES string of the molecule is COc1c(C=O)ccc(OCc2ccccc2)c1OC. The number of ether oxygens (including phenoxy) is 3. The Kier molecular flexibility index (Phi) is 4.60. The number of hydrogen-bond acceptors (Lipinski definition) is 4. The number of carbonyl (C=O) groups excluding carboxylic acids is 1. The lowest BCUT2D eigenvalue weighted by atomic mass is 10.2. The highest BCUT2D eigenvalue weighted by Gasteiger charge is 2.15. The van der Waals surface area contributed by atoms with Gasteiger partial charge in [-0.15, -0.1) is 0 Å². The van der Waals surface area contributed by atoms with Crippen LogP contribution in [-0.4, -0.2) is 20.5 Å². The van der Waals surface area contributed by atoms with Crippen LogP contribution >= 0.6 is 0 Å². The Bertz CT molecular complexity index is 579. The molecule has 0 N–H and O–H groups in total. The van der Waals surface area contributed by atoms with E-state index in [-0.39, 0.29) is 0 Å². The molecule has 0 aromatic heterocycles. The van der Waals surface area contributed by atoms with E-state index < -0.39 is 0 Å². The van der Waals surface area contributed by atoms with E-state index in [0.29, 0.717) is 29.4 Å². The number of rotatable bonds is 6. The largest absolute Gasteiger partial charge is 0.492 e. The van der Waals surface area contributed by atoms with Crippen LogP contribution in [0, 0.1) is 0 Å². The van der Waals surface area contributed by atoms with Gasteiger partial charge in [0.05, 0.1) is 19.8 Å². The number of benzene rings is 2. The zero-order chi connectivity index (χ0) is 14.4. The summed E-state index contributed by atoms with van der Waals surface area (Å²) in [7, 11) is 3.01. The van der Waals surface area contributed by atoms with Gasteiger partial charge in [-0.1, -0.05) is 30.3 Å². The summed E-state index contributed by atoms with van der Waals surface area (Å²) < 4.78 is 16.2. The van der Waals surface area contributed by atoms with Crippen LogP contribution in [0.4, 0.5) is 0 Å². The molecule has 0 amide bonds. The van der Waals surface area contributed by atoms with Crippen LogP contribution < -0.4 is 14.2 Å². The molecule has 104 valence electrons. The number of carbonyl (C=O) groups is 1. The monoisotopic (exact) mass is 272 g/mol. The molecule has 0 spiro atoms. The molecular formula is C16H16O4. The summed E-state index contributed by atoms with van der Waals surface area (Å²) in [5, 5.41) is 0. The first-order valence-electron chi connectivity index (χ1n) is 6.17. The van der Waals surface area contributed by atoms with Gasteiger partial charge in [0.2, 0.25) is 5.75 Å². The zero-order valence-electron chi connectivity index (χ0n) is 11.5. The average Bonchev–Trinajstić information content (AvgIpc) is 2.52. The summed E-state index contributed by atoms with van der Waals surface area (Å²) >= 11 is 0. The molecule has 0 saturated carbocycles. The van der Waals surface area contributed by atoms with Crippen LogP contribution in [0.2, 0.25) is 0 Å². The van der Waals surface area contributed by atoms with E-state index in [9.17, 15) is 4.79 Å². The minimum absolute atomic E-state index is 0.382. The molecule has 2 aromatic carbocycles. The molecule has 4 nitrogen and oxygen atoms in total. The minimum Gasteiger partial charge on any atom is -0.492 e. The molecule has 0 unspecified atom stereocenters. The van der Waals surface area contributed by atoms with Crippen LogP contribution in [0.15, 0.2) is 42.5 Å². The van der Waals surface area contributed by atoms with E-state index in [4.69, 9.17) is 14.2 Å². The molecule has 2 aromatic rings. The molecule has 0 fully saturated rings. The highest BCUT2D eigenvalue weighted by molar-refractivity contribution is 5.82. The van der Waals surface area contributed by atoms with Crippen molar-refractivity contribution in [3.05, 3.63) is 53.6 Å². The maximum Gasteiger partial charge on any atom is 0.204 e. The Hall–Kier alpha value is -2.49. The average molecular weight is 272 g/mol. The van der Waals surface area contributed by atoms with Gasteiger partial charge < -0.3 is 14.2 Å². The maximum atomic E-state index is 11.0. The molecule has 0 heterocycles. The fourth-order valence-corrected chi connectivity index (χ4v) is 1.91. The lowest BCUT2D eigenvalue weighted by Crippen LogP contribution is -2.01. The second-order valence-corrected chi connectivity index (χ2v) is 4.11. The quantitative estimate of drug-likeness (QED) is 0.758. The van der Waals surface area contributed by atoms with Gasteiger partial charge in [-0.05, 0) is 17.7 Å². The van der Waals surface area contributed by atoms with Crippen molar-refractivity contribution in [2.45, 2.75) is 6.61 Å². The molecule has 0 bridgehead atoms. The summed E-state index contributed by atoms with van der Waals surface area (Å²) in [6.45, 7) is 0.417. The summed E-state index contributed by atoms with van der Waals surface area (Å²) in [6.07, 6.45) is 0.725. The van der Waals surface area contributed by atoms with Gasteiger partial charge in [0, 0.05) is 0 Å². The summed E-state index contributed by atoms with van der Waals surface area (Å²) in [4.78, 5) is 11.0. The fraction of sp³-hybridized carbons (Fsp3) is 0.188. The Labute approximate surface area is 117 Å². The van der Waals surface area contributed by atoms with Gasteiger partial charge in [0.15, 0.2) is 17.8 Å². The predicted octanol–water partition coefficient (Wildman–Crippen LogP) is 3.10. The van der Waals surface area contributed by atoms with Crippen molar-refractivity contribution in [2.24, 2.45) is 0 Å². The summed E-state index contributed by atoms with van der Waals surface area (Å²) in [5.74, 6) is 1.35. The van der Waals surface area contributed by atoms with Gasteiger partial charge in [0.1, 0.15) is 6.61 Å². The fourth-order valence-electron chi connectivity index (χ4n) is 1.91. The molecule has 0 saturated heterocycles. The molecule has 0 aliphatic carbocycles. The standard InChI is InChI=1S/C16H16O4/c1-18-15-13(10-17)8-9-14(16(15)19-2)20-11-12-6-4-3-5-7-12/h3-10H,11H2,1-2H3. The highest BCUT2D eigenvalue weighted by atomic mass is 16.5. The van der Waals surface area contributed by atoms with Crippen molar-refractivity contribution < 1.29 is 19.0 Å². The van der Waals surface area contributed by atoms with E-state index in [1.54, 1.807) is 12.1 Å². The highest BCUT2D eigenvalue weighted by Crippen LogP contribution is 2.39. The lowest BCUT2D eigenvalue weighted by molar-refractivity contribution is 0.111. The second kappa shape index (κ2) is 6.61. The van der Waals surface area contributed by atoms with Crippen LogP contribution in [0.5, 0.6) is 17.2 Å². The first-order valence-corrected chi connectivity index (χ1v) is 6.17. The van der Waals surface area contributed by atoms with Gasteiger partial charge in [-0.3, -0.25) is 4.79 Å². The molecule has 0 radical (unpaired) electrons. The first kappa shape index (κ1) is 13.9. The topological polar surface area (TPSA) is 44.8 Å². The van der Waals surface area contributed by atoms with Gasteiger partial charge >= 0.3 is 0 Å². The Morgan fingerprint density at radius 3 is 2.25 bits per heavy atom. The van der Waals surface area contributed by atoms with Gasteiger partial charge in [-0.25, -0.2) is 0 Å². The third-order valence-electron chi connectivity index (χ3n) is 2.88. The van der Waals surface area contributed by atoms with E-state index in [1.807, 2.05) is 30.3 Å². The molecular weight excluding hydrogens is 256 g/mol. The summed E-state index contributed by atoms with van der Waals surface area (Å²) in [5.41, 5.74) is 1.48. The number of methoxy groups -OCH3 is 2. The molecule has 0 atom stereocenters. The van der Waals surface area contributed by atoms with Crippen molar-refractivity contribution in [1.82, 2.24) is 0 Å². The third kappa shape index (κ3) is 2.91. The molecule has 4 heteroatoms. The van der Waals surface area contributed by atoms with Crippen molar-refractivity contribution in [1.29, 1.82) is 0 Å².